The average Bonchev–Trinajstić information content (AvgIpc) is 3.29. The van der Waals surface area contributed by atoms with Gasteiger partial charge in [0.05, 0.1) is 18.7 Å². The maximum Gasteiger partial charge on any atom is 0.311 e. The van der Waals surface area contributed by atoms with Crippen LogP contribution in [0.25, 0.3) is 0 Å². The number of likely N-dealkylation sites (tertiary alicyclic amines) is 1. The van der Waals surface area contributed by atoms with Gasteiger partial charge in [0.15, 0.2) is 6.61 Å². The normalized spacial score (nSPS) is 16.4. The topological polar surface area (TPSA) is 88.9 Å². The number of hydrogen-bond donors (Lipinski definition) is 1. The number of hydrogen-bond acceptors (Lipinski definition) is 5. The summed E-state index contributed by atoms with van der Waals surface area (Å²) in [6, 6.07) is 10.7. The highest BCUT2D eigenvalue weighted by Gasteiger charge is 2.35. The van der Waals surface area contributed by atoms with Crippen molar-refractivity contribution in [1.29, 1.82) is 0 Å². The summed E-state index contributed by atoms with van der Waals surface area (Å²) in [7, 11) is 0. The molecule has 3 rings (SSSR count). The molecule has 2 amide bonds. The number of nitrogens with zero attached hydrogens (tertiary/aromatic N) is 1. The summed E-state index contributed by atoms with van der Waals surface area (Å²) in [5, 5.41) is 3.19. The van der Waals surface area contributed by atoms with Crippen LogP contribution < -0.4 is 5.32 Å². The van der Waals surface area contributed by atoms with Crippen molar-refractivity contribution in [2.75, 3.05) is 13.2 Å². The molecule has 7 nitrogen and oxygen atoms in total. The van der Waals surface area contributed by atoms with Crippen LogP contribution in [0.4, 0.5) is 0 Å². The van der Waals surface area contributed by atoms with Crippen molar-refractivity contribution in [3.63, 3.8) is 0 Å². The Bertz CT molecular complexity index is 821. The predicted octanol–water partition coefficient (Wildman–Crippen LogP) is 2.14. The maximum atomic E-state index is 12.1. The summed E-state index contributed by atoms with van der Waals surface area (Å²) in [4.78, 5) is 37.6. The molecule has 2 heterocycles. The van der Waals surface area contributed by atoms with Crippen LogP contribution in [0, 0.1) is 5.92 Å². The number of carbonyl (C=O) groups excluding carboxylic acids is 3. The standard InChI is InChI=1S/C19H19ClN2O5/c20-16-6-2-1-4-13(16)9-21-17(23)12-27-19(25)14-8-18(24)22(10-14)11-15-5-3-7-26-15/h1-7,14H,8-12H2,(H,21,23)/t14-/m0/s1. The second kappa shape index (κ2) is 8.73. The number of rotatable bonds is 7. The molecule has 0 aliphatic carbocycles. The first-order valence-corrected chi connectivity index (χ1v) is 8.87. The van der Waals surface area contributed by atoms with Crippen LogP contribution in [0.15, 0.2) is 47.1 Å². The molecule has 1 atom stereocenters. The van der Waals surface area contributed by atoms with E-state index < -0.39 is 24.4 Å². The molecule has 1 aromatic carbocycles. The van der Waals surface area contributed by atoms with Gasteiger partial charge in [-0.25, -0.2) is 0 Å². The number of carbonyl (C=O) groups is 3. The largest absolute Gasteiger partial charge is 0.467 e. The number of ether oxygens (including phenoxy) is 1. The van der Waals surface area contributed by atoms with E-state index in [0.717, 1.165) is 5.56 Å². The summed E-state index contributed by atoms with van der Waals surface area (Å²) in [5.74, 6) is -1.06. The molecule has 0 spiro atoms. The summed E-state index contributed by atoms with van der Waals surface area (Å²) in [6.45, 7) is 0.411. The van der Waals surface area contributed by atoms with E-state index in [9.17, 15) is 14.4 Å². The zero-order valence-electron chi connectivity index (χ0n) is 14.5. The van der Waals surface area contributed by atoms with Crippen LogP contribution in [0.2, 0.25) is 5.02 Å². The van der Waals surface area contributed by atoms with E-state index in [1.807, 2.05) is 6.07 Å². The number of esters is 1. The van der Waals surface area contributed by atoms with Crippen LogP contribution in [0.3, 0.4) is 0 Å². The van der Waals surface area contributed by atoms with Gasteiger partial charge in [-0.3, -0.25) is 14.4 Å². The van der Waals surface area contributed by atoms with E-state index in [0.29, 0.717) is 17.3 Å². The van der Waals surface area contributed by atoms with Crippen LogP contribution >= 0.6 is 11.6 Å². The van der Waals surface area contributed by atoms with Gasteiger partial charge in [0.2, 0.25) is 5.91 Å². The average molecular weight is 391 g/mol. The highest BCUT2D eigenvalue weighted by molar-refractivity contribution is 6.31. The minimum Gasteiger partial charge on any atom is -0.467 e. The van der Waals surface area contributed by atoms with Crippen molar-refractivity contribution in [2.24, 2.45) is 5.92 Å². The lowest BCUT2D eigenvalue weighted by atomic mass is 10.1. The van der Waals surface area contributed by atoms with Crippen molar-refractivity contribution in [2.45, 2.75) is 19.5 Å². The third-order valence-corrected chi connectivity index (χ3v) is 4.62. The fourth-order valence-electron chi connectivity index (χ4n) is 2.81. The van der Waals surface area contributed by atoms with Crippen LogP contribution in [-0.2, 0) is 32.2 Å². The summed E-state index contributed by atoms with van der Waals surface area (Å²) < 4.78 is 10.3. The molecule has 1 saturated heterocycles. The van der Waals surface area contributed by atoms with Crippen molar-refractivity contribution >= 4 is 29.4 Å². The highest BCUT2D eigenvalue weighted by Crippen LogP contribution is 2.21. The fourth-order valence-corrected chi connectivity index (χ4v) is 3.02. The predicted molar refractivity (Wildman–Crippen MR) is 96.5 cm³/mol. The molecular formula is C19H19ClN2O5. The molecule has 142 valence electrons. The fraction of sp³-hybridized carbons (Fsp3) is 0.316. The Morgan fingerprint density at radius 2 is 2.07 bits per heavy atom. The molecule has 1 aliphatic rings. The molecule has 0 bridgehead atoms. The third kappa shape index (κ3) is 5.10. The minimum atomic E-state index is -0.580. The van der Waals surface area contributed by atoms with Gasteiger partial charge < -0.3 is 19.4 Å². The third-order valence-electron chi connectivity index (χ3n) is 4.25. The summed E-state index contributed by atoms with van der Waals surface area (Å²) in [5.41, 5.74) is 0.772. The Morgan fingerprint density at radius 1 is 1.26 bits per heavy atom. The maximum absolute atomic E-state index is 12.1. The van der Waals surface area contributed by atoms with Gasteiger partial charge in [0, 0.05) is 24.5 Å². The van der Waals surface area contributed by atoms with E-state index in [2.05, 4.69) is 5.32 Å². The second-order valence-corrected chi connectivity index (χ2v) is 6.64. The van der Waals surface area contributed by atoms with Gasteiger partial charge in [-0.1, -0.05) is 29.8 Å². The monoisotopic (exact) mass is 390 g/mol. The van der Waals surface area contributed by atoms with Crippen molar-refractivity contribution in [1.82, 2.24) is 10.2 Å². The molecule has 0 unspecified atom stereocenters. The molecule has 0 radical (unpaired) electrons. The zero-order valence-corrected chi connectivity index (χ0v) is 15.3. The Hall–Kier alpha value is -2.80. The number of halogens is 1. The SMILES string of the molecule is O=C(COC(=O)[C@H]1CC(=O)N(Cc2ccco2)C1)NCc1ccccc1Cl. The number of nitrogens with one attached hydrogen (secondary N) is 1. The molecule has 2 aromatic rings. The molecule has 1 aliphatic heterocycles. The Balaban J connectivity index is 1.42. The van der Waals surface area contributed by atoms with E-state index in [1.165, 1.54) is 6.26 Å². The van der Waals surface area contributed by atoms with Gasteiger partial charge in [0.25, 0.3) is 5.91 Å². The van der Waals surface area contributed by atoms with Gasteiger partial charge >= 0.3 is 5.97 Å². The summed E-state index contributed by atoms with van der Waals surface area (Å²) in [6.07, 6.45) is 1.60. The summed E-state index contributed by atoms with van der Waals surface area (Å²) >= 11 is 6.02. The Morgan fingerprint density at radius 3 is 2.81 bits per heavy atom. The molecule has 0 saturated carbocycles. The van der Waals surface area contributed by atoms with Crippen LogP contribution in [-0.4, -0.2) is 35.8 Å². The van der Waals surface area contributed by atoms with E-state index in [-0.39, 0.29) is 25.4 Å². The lowest BCUT2D eigenvalue weighted by Gasteiger charge is -2.14. The Kier molecular flexibility index (Phi) is 6.13. The molecular weight excluding hydrogens is 372 g/mol. The first kappa shape index (κ1) is 19.0. The molecule has 27 heavy (non-hydrogen) atoms. The molecule has 1 N–H and O–H groups in total. The first-order valence-electron chi connectivity index (χ1n) is 8.50. The van der Waals surface area contributed by atoms with Crippen molar-refractivity contribution in [3.05, 3.63) is 59.0 Å². The van der Waals surface area contributed by atoms with Crippen molar-refractivity contribution < 1.29 is 23.5 Å². The van der Waals surface area contributed by atoms with E-state index in [1.54, 1.807) is 35.2 Å². The quantitative estimate of drug-likeness (QED) is 0.732. The van der Waals surface area contributed by atoms with Crippen LogP contribution in [0.1, 0.15) is 17.7 Å². The van der Waals surface area contributed by atoms with Gasteiger partial charge in [-0.15, -0.1) is 0 Å². The van der Waals surface area contributed by atoms with E-state index in [4.69, 9.17) is 20.8 Å². The molecule has 1 aromatic heterocycles. The van der Waals surface area contributed by atoms with Crippen molar-refractivity contribution in [3.8, 4) is 0 Å². The van der Waals surface area contributed by atoms with Gasteiger partial charge in [0.1, 0.15) is 5.76 Å². The smallest absolute Gasteiger partial charge is 0.311 e. The lowest BCUT2D eigenvalue weighted by Crippen LogP contribution is -2.31. The molecule has 8 heteroatoms. The highest BCUT2D eigenvalue weighted by atomic mass is 35.5. The minimum absolute atomic E-state index is 0.0702. The zero-order chi connectivity index (χ0) is 19.2. The van der Waals surface area contributed by atoms with E-state index >= 15 is 0 Å². The lowest BCUT2D eigenvalue weighted by molar-refractivity contribution is -0.152. The first-order chi connectivity index (χ1) is 13.0. The van der Waals surface area contributed by atoms with Gasteiger partial charge in [-0.2, -0.15) is 0 Å². The second-order valence-electron chi connectivity index (χ2n) is 6.23. The number of amides is 2. The Labute approximate surface area is 161 Å². The number of benzene rings is 1. The number of furan rings is 1. The van der Waals surface area contributed by atoms with Gasteiger partial charge in [-0.05, 0) is 23.8 Å². The molecule has 1 fully saturated rings. The van der Waals surface area contributed by atoms with Crippen LogP contribution in [0.5, 0.6) is 0 Å².